The molecule has 2 rings (SSSR count). The van der Waals surface area contributed by atoms with Crippen LogP contribution in [0.1, 0.15) is 28.8 Å². The van der Waals surface area contributed by atoms with Crippen LogP contribution in [-0.2, 0) is 11.3 Å². The molecule has 154 valence electrons. The van der Waals surface area contributed by atoms with Crippen molar-refractivity contribution in [2.75, 3.05) is 20.7 Å². The zero-order valence-electron chi connectivity index (χ0n) is 16.2. The smallest absolute Gasteiger partial charge is 0.341 e. The third kappa shape index (κ3) is 7.02. The van der Waals surface area contributed by atoms with Gasteiger partial charge in [0.2, 0.25) is 0 Å². The maximum atomic E-state index is 13.2. The van der Waals surface area contributed by atoms with Gasteiger partial charge in [-0.2, -0.15) is 0 Å². The molecule has 0 aliphatic heterocycles. The maximum absolute atomic E-state index is 13.2. The summed E-state index contributed by atoms with van der Waals surface area (Å²) in [6.45, 7) is 4.37. The Labute approximate surface area is 180 Å². The summed E-state index contributed by atoms with van der Waals surface area (Å²) in [7, 11) is 2.96. The predicted molar refractivity (Wildman–Crippen MR) is 115 cm³/mol. The summed E-state index contributed by atoms with van der Waals surface area (Å²) in [6, 6.07) is 7.63. The molecule has 0 amide bonds. The quantitative estimate of drug-likeness (QED) is 0.260. The van der Waals surface area contributed by atoms with Crippen molar-refractivity contribution >= 4 is 35.9 Å². The van der Waals surface area contributed by atoms with Crippen molar-refractivity contribution in [2.24, 2.45) is 4.99 Å². The number of benzene rings is 1. The summed E-state index contributed by atoms with van der Waals surface area (Å²) in [5, 5.41) is 6.21. The average molecular weight is 505 g/mol. The largest absolute Gasteiger partial charge is 0.489 e. The van der Waals surface area contributed by atoms with E-state index in [1.54, 1.807) is 32.2 Å². The molecule has 9 heteroatoms. The van der Waals surface area contributed by atoms with Crippen molar-refractivity contribution in [3.63, 3.8) is 0 Å². The average Bonchev–Trinajstić information content (AvgIpc) is 3.02. The molecule has 2 N–H and O–H groups in total. The SMILES string of the molecule is CN=C(NCc1cc(C(=O)OC)c(C)o1)NCC(C)Oc1cccc(F)c1.I. The molecular weight excluding hydrogens is 480 g/mol. The first kappa shape index (κ1) is 23.7. The molecular formula is C19H25FIN3O4. The van der Waals surface area contributed by atoms with Crippen LogP contribution in [0.5, 0.6) is 5.75 Å². The van der Waals surface area contributed by atoms with Gasteiger partial charge in [0.1, 0.15) is 34.8 Å². The van der Waals surface area contributed by atoms with Crippen LogP contribution in [0.15, 0.2) is 39.7 Å². The Morgan fingerprint density at radius 1 is 1.32 bits per heavy atom. The minimum absolute atomic E-state index is 0. The number of hydrogen-bond acceptors (Lipinski definition) is 5. The molecule has 1 aromatic carbocycles. The van der Waals surface area contributed by atoms with Crippen LogP contribution >= 0.6 is 24.0 Å². The van der Waals surface area contributed by atoms with E-state index in [1.807, 2.05) is 6.92 Å². The molecule has 7 nitrogen and oxygen atoms in total. The van der Waals surface area contributed by atoms with E-state index in [0.29, 0.717) is 41.9 Å². The number of ether oxygens (including phenoxy) is 2. The number of hydrogen-bond donors (Lipinski definition) is 2. The van der Waals surface area contributed by atoms with E-state index in [4.69, 9.17) is 13.9 Å². The number of guanidine groups is 1. The van der Waals surface area contributed by atoms with E-state index < -0.39 is 5.97 Å². The summed E-state index contributed by atoms with van der Waals surface area (Å²) >= 11 is 0. The van der Waals surface area contributed by atoms with E-state index in [0.717, 1.165) is 0 Å². The standard InChI is InChI=1S/C19H24FN3O4.HI/c1-12(26-15-7-5-6-14(20)8-15)10-22-19(21-3)23-11-16-9-17(13(2)27-16)18(24)25-4;/h5-9,12H,10-11H2,1-4H3,(H2,21,22,23);1H. The normalized spacial score (nSPS) is 12.0. The zero-order valence-corrected chi connectivity index (χ0v) is 18.6. The van der Waals surface area contributed by atoms with E-state index in [-0.39, 0.29) is 35.9 Å². The van der Waals surface area contributed by atoms with Crippen molar-refractivity contribution in [1.82, 2.24) is 10.6 Å². The van der Waals surface area contributed by atoms with Crippen molar-refractivity contribution in [1.29, 1.82) is 0 Å². The van der Waals surface area contributed by atoms with Crippen LogP contribution in [0.4, 0.5) is 4.39 Å². The fraction of sp³-hybridized carbons (Fsp3) is 0.368. The van der Waals surface area contributed by atoms with Crippen molar-refractivity contribution in [3.8, 4) is 5.75 Å². The van der Waals surface area contributed by atoms with Gasteiger partial charge in [-0.05, 0) is 32.0 Å². The third-order valence-electron chi connectivity index (χ3n) is 3.72. The highest BCUT2D eigenvalue weighted by Gasteiger charge is 2.15. The minimum Gasteiger partial charge on any atom is -0.489 e. The van der Waals surface area contributed by atoms with Crippen LogP contribution in [0.25, 0.3) is 0 Å². The Morgan fingerprint density at radius 3 is 2.71 bits per heavy atom. The first-order valence-electron chi connectivity index (χ1n) is 8.47. The number of halogens is 2. The summed E-state index contributed by atoms with van der Waals surface area (Å²) in [6.07, 6.45) is -0.206. The summed E-state index contributed by atoms with van der Waals surface area (Å²) in [5.41, 5.74) is 0.398. The zero-order chi connectivity index (χ0) is 19.8. The second-order valence-corrected chi connectivity index (χ2v) is 5.87. The van der Waals surface area contributed by atoms with Crippen LogP contribution in [0.3, 0.4) is 0 Å². The van der Waals surface area contributed by atoms with E-state index in [9.17, 15) is 9.18 Å². The molecule has 0 radical (unpaired) electrons. The number of rotatable bonds is 7. The molecule has 1 aromatic heterocycles. The Morgan fingerprint density at radius 2 is 2.07 bits per heavy atom. The number of nitrogens with zero attached hydrogens (tertiary/aromatic N) is 1. The monoisotopic (exact) mass is 505 g/mol. The Balaban J connectivity index is 0.00000392. The number of esters is 1. The maximum Gasteiger partial charge on any atom is 0.341 e. The van der Waals surface area contributed by atoms with Crippen molar-refractivity contribution in [2.45, 2.75) is 26.5 Å². The molecule has 1 heterocycles. The predicted octanol–water partition coefficient (Wildman–Crippen LogP) is 3.26. The van der Waals surface area contributed by atoms with Crippen molar-refractivity contribution < 1.29 is 23.1 Å². The highest BCUT2D eigenvalue weighted by atomic mass is 127. The molecule has 0 fully saturated rings. The van der Waals surface area contributed by atoms with E-state index in [2.05, 4.69) is 15.6 Å². The highest BCUT2D eigenvalue weighted by molar-refractivity contribution is 14.0. The number of furan rings is 1. The number of carbonyl (C=O) groups excluding carboxylic acids is 1. The number of aryl methyl sites for hydroxylation is 1. The van der Waals surface area contributed by atoms with Gasteiger partial charge in [0.05, 0.1) is 20.2 Å². The van der Waals surface area contributed by atoms with Crippen LogP contribution in [-0.4, -0.2) is 38.7 Å². The summed E-state index contributed by atoms with van der Waals surface area (Å²) in [5.74, 6) is 1.31. The fourth-order valence-corrected chi connectivity index (χ4v) is 2.39. The van der Waals surface area contributed by atoms with Gasteiger partial charge in [0.15, 0.2) is 5.96 Å². The highest BCUT2D eigenvalue weighted by Crippen LogP contribution is 2.15. The molecule has 0 aliphatic rings. The first-order valence-corrected chi connectivity index (χ1v) is 8.47. The number of aliphatic imine (C=N–C) groups is 1. The van der Waals surface area contributed by atoms with Gasteiger partial charge < -0.3 is 24.5 Å². The number of carbonyl (C=O) groups is 1. The number of nitrogens with one attached hydrogen (secondary N) is 2. The lowest BCUT2D eigenvalue weighted by atomic mass is 10.2. The van der Waals surface area contributed by atoms with Gasteiger partial charge in [-0.3, -0.25) is 4.99 Å². The minimum atomic E-state index is -0.437. The fourth-order valence-electron chi connectivity index (χ4n) is 2.39. The Bertz CT molecular complexity index is 810. The molecule has 0 spiro atoms. The topological polar surface area (TPSA) is 85.1 Å². The summed E-state index contributed by atoms with van der Waals surface area (Å²) < 4.78 is 29.1. The molecule has 0 saturated heterocycles. The molecule has 28 heavy (non-hydrogen) atoms. The Hall–Kier alpha value is -2.30. The summed E-state index contributed by atoms with van der Waals surface area (Å²) in [4.78, 5) is 15.7. The van der Waals surface area contributed by atoms with Gasteiger partial charge in [-0.15, -0.1) is 24.0 Å². The van der Waals surface area contributed by atoms with Gasteiger partial charge in [0.25, 0.3) is 0 Å². The molecule has 0 bridgehead atoms. The molecule has 1 atom stereocenters. The van der Waals surface area contributed by atoms with Crippen LogP contribution < -0.4 is 15.4 Å². The van der Waals surface area contributed by atoms with Crippen LogP contribution in [0, 0.1) is 12.7 Å². The lowest BCUT2D eigenvalue weighted by Crippen LogP contribution is -2.41. The molecule has 1 unspecified atom stereocenters. The lowest BCUT2D eigenvalue weighted by molar-refractivity contribution is 0.0599. The molecule has 0 aliphatic carbocycles. The lowest BCUT2D eigenvalue weighted by Gasteiger charge is -2.17. The van der Waals surface area contributed by atoms with Gasteiger partial charge in [0, 0.05) is 13.1 Å². The van der Waals surface area contributed by atoms with Crippen LogP contribution in [0.2, 0.25) is 0 Å². The second kappa shape index (κ2) is 11.5. The second-order valence-electron chi connectivity index (χ2n) is 5.87. The Kier molecular flexibility index (Phi) is 9.77. The van der Waals surface area contributed by atoms with Crippen molar-refractivity contribution in [3.05, 3.63) is 53.2 Å². The van der Waals surface area contributed by atoms with Gasteiger partial charge in [-0.1, -0.05) is 6.07 Å². The van der Waals surface area contributed by atoms with Gasteiger partial charge >= 0.3 is 5.97 Å². The molecule has 0 saturated carbocycles. The third-order valence-corrected chi connectivity index (χ3v) is 3.72. The first-order chi connectivity index (χ1) is 12.9. The number of methoxy groups -OCH3 is 1. The van der Waals surface area contributed by atoms with E-state index >= 15 is 0 Å². The van der Waals surface area contributed by atoms with E-state index in [1.165, 1.54) is 19.2 Å². The molecule has 2 aromatic rings. The van der Waals surface area contributed by atoms with Gasteiger partial charge in [-0.25, -0.2) is 9.18 Å².